The second-order valence-electron chi connectivity index (χ2n) is 7.80. The highest BCUT2D eigenvalue weighted by molar-refractivity contribution is 6.35. The second kappa shape index (κ2) is 8.65. The minimum Gasteiger partial charge on any atom is -0.478 e. The van der Waals surface area contributed by atoms with Gasteiger partial charge in [-0.05, 0) is 60.2 Å². The van der Waals surface area contributed by atoms with Crippen LogP contribution in [0.15, 0.2) is 83.3 Å². The van der Waals surface area contributed by atoms with Crippen LogP contribution in [0.2, 0.25) is 5.02 Å². The number of anilines is 1. The molecular formula is C27H17ClFNO4. The number of rotatable bonds is 5. The van der Waals surface area contributed by atoms with Gasteiger partial charge in [0, 0.05) is 11.1 Å². The molecular weight excluding hydrogens is 457 g/mol. The topological polar surface area (TPSA) is 70.8 Å². The molecule has 0 saturated heterocycles. The number of carboxylic acids is 1. The molecule has 1 aromatic heterocycles. The predicted octanol–water partition coefficient (Wildman–Crippen LogP) is 6.52. The third-order valence-corrected chi connectivity index (χ3v) is 5.88. The Bertz CT molecular complexity index is 1470. The maximum absolute atomic E-state index is 13.5. The number of nitrogens with zero attached hydrogens (tertiary/aromatic N) is 1. The monoisotopic (exact) mass is 473 g/mol. The second-order valence-corrected chi connectivity index (χ2v) is 8.21. The molecule has 4 aromatic rings. The molecule has 0 bridgehead atoms. The van der Waals surface area contributed by atoms with Crippen LogP contribution in [-0.4, -0.2) is 17.0 Å². The van der Waals surface area contributed by atoms with E-state index in [1.54, 1.807) is 47.4 Å². The summed E-state index contributed by atoms with van der Waals surface area (Å²) in [7, 11) is 0. The summed E-state index contributed by atoms with van der Waals surface area (Å²) < 4.78 is 19.4. The fourth-order valence-corrected chi connectivity index (χ4v) is 4.15. The minimum atomic E-state index is -1.02. The minimum absolute atomic E-state index is 0.00341. The summed E-state index contributed by atoms with van der Waals surface area (Å²) >= 11 is 5.88. The molecule has 0 radical (unpaired) electrons. The van der Waals surface area contributed by atoms with Gasteiger partial charge < -0.3 is 14.4 Å². The molecule has 5 nitrogen and oxygen atoms in total. The third-order valence-electron chi connectivity index (χ3n) is 5.59. The van der Waals surface area contributed by atoms with Crippen molar-refractivity contribution in [1.29, 1.82) is 0 Å². The Hall–Kier alpha value is -4.16. The summed E-state index contributed by atoms with van der Waals surface area (Å²) in [6, 6.07) is 21.7. The zero-order chi connectivity index (χ0) is 23.8. The van der Waals surface area contributed by atoms with Crippen LogP contribution >= 0.6 is 11.6 Å². The highest BCUT2D eigenvalue weighted by Crippen LogP contribution is 2.39. The standard InChI is InChI=1S/C27H17ClFNO4/c28-22-13-17(8-10-23(22)29)25-11-9-19(34-25)14-21-20-6-1-2-7-24(20)30(26(21)31)15-16-4-3-5-18(12-16)27(32)33/h1-14H,15H2,(H,32,33)/b21-14+. The Morgan fingerprint density at radius 2 is 1.85 bits per heavy atom. The number of hydrogen-bond acceptors (Lipinski definition) is 3. The fourth-order valence-electron chi connectivity index (χ4n) is 3.97. The van der Waals surface area contributed by atoms with Gasteiger partial charge in [-0.2, -0.15) is 0 Å². The lowest BCUT2D eigenvalue weighted by Crippen LogP contribution is -2.25. The van der Waals surface area contributed by atoms with E-state index in [0.717, 1.165) is 11.3 Å². The number of para-hydroxylation sites is 1. The number of carbonyl (C=O) groups is 2. The van der Waals surface area contributed by atoms with Gasteiger partial charge in [-0.25, -0.2) is 9.18 Å². The summed E-state index contributed by atoms with van der Waals surface area (Å²) in [5.74, 6) is -0.795. The van der Waals surface area contributed by atoms with Crippen molar-refractivity contribution >= 4 is 40.8 Å². The Morgan fingerprint density at radius 3 is 2.65 bits per heavy atom. The zero-order valence-corrected chi connectivity index (χ0v) is 18.4. The lowest BCUT2D eigenvalue weighted by molar-refractivity contribution is -0.113. The van der Waals surface area contributed by atoms with Gasteiger partial charge in [0.25, 0.3) is 5.91 Å². The first-order valence-corrected chi connectivity index (χ1v) is 10.8. The smallest absolute Gasteiger partial charge is 0.335 e. The van der Waals surface area contributed by atoms with E-state index in [9.17, 15) is 19.1 Å². The Kier molecular flexibility index (Phi) is 5.51. The number of aromatic carboxylic acids is 1. The zero-order valence-electron chi connectivity index (χ0n) is 17.7. The summed E-state index contributed by atoms with van der Waals surface area (Å²) in [6.45, 7) is 0.228. The van der Waals surface area contributed by atoms with E-state index in [1.165, 1.54) is 18.2 Å². The molecule has 0 unspecified atom stereocenters. The molecule has 1 aliphatic heterocycles. The Morgan fingerprint density at radius 1 is 1.03 bits per heavy atom. The predicted molar refractivity (Wildman–Crippen MR) is 128 cm³/mol. The van der Waals surface area contributed by atoms with Crippen LogP contribution < -0.4 is 4.90 Å². The van der Waals surface area contributed by atoms with Crippen LogP contribution in [0.25, 0.3) is 23.0 Å². The van der Waals surface area contributed by atoms with Crippen LogP contribution in [0.3, 0.4) is 0 Å². The molecule has 1 aliphatic rings. The molecule has 0 aliphatic carbocycles. The van der Waals surface area contributed by atoms with Gasteiger partial charge >= 0.3 is 5.97 Å². The summed E-state index contributed by atoms with van der Waals surface area (Å²) in [4.78, 5) is 26.3. The summed E-state index contributed by atoms with van der Waals surface area (Å²) in [5.41, 5.74) is 3.44. The van der Waals surface area contributed by atoms with Crippen LogP contribution in [0, 0.1) is 5.82 Å². The largest absolute Gasteiger partial charge is 0.478 e. The molecule has 5 rings (SSSR count). The number of carboxylic acid groups (broad SMARTS) is 1. The van der Waals surface area contributed by atoms with E-state index in [0.29, 0.717) is 28.2 Å². The van der Waals surface area contributed by atoms with Crippen molar-refractivity contribution in [2.75, 3.05) is 4.90 Å². The number of benzene rings is 3. The quantitative estimate of drug-likeness (QED) is 0.335. The van der Waals surface area contributed by atoms with Crippen molar-refractivity contribution in [1.82, 2.24) is 0 Å². The van der Waals surface area contributed by atoms with Crippen LogP contribution in [0.1, 0.15) is 27.2 Å². The molecule has 0 fully saturated rings. The number of amides is 1. The van der Waals surface area contributed by atoms with E-state index < -0.39 is 11.8 Å². The molecule has 0 saturated carbocycles. The lowest BCUT2D eigenvalue weighted by atomic mass is 10.1. The van der Waals surface area contributed by atoms with E-state index in [1.807, 2.05) is 24.3 Å². The average molecular weight is 474 g/mol. The highest BCUT2D eigenvalue weighted by atomic mass is 35.5. The first kappa shape index (κ1) is 21.7. The summed E-state index contributed by atoms with van der Waals surface area (Å²) in [6.07, 6.45) is 1.67. The maximum atomic E-state index is 13.5. The van der Waals surface area contributed by atoms with Gasteiger partial charge in [0.2, 0.25) is 0 Å². The van der Waals surface area contributed by atoms with Crippen LogP contribution in [0.5, 0.6) is 0 Å². The molecule has 3 aromatic carbocycles. The number of fused-ring (bicyclic) bond motifs is 1. The van der Waals surface area contributed by atoms with Gasteiger partial charge in [0.05, 0.1) is 28.4 Å². The Balaban J connectivity index is 1.48. The van der Waals surface area contributed by atoms with Gasteiger partial charge in [-0.1, -0.05) is 41.9 Å². The maximum Gasteiger partial charge on any atom is 0.335 e. The number of carbonyl (C=O) groups excluding carboxylic acids is 1. The van der Waals surface area contributed by atoms with Crippen molar-refractivity contribution in [3.8, 4) is 11.3 Å². The first-order chi connectivity index (χ1) is 16.4. The molecule has 1 amide bonds. The van der Waals surface area contributed by atoms with Gasteiger partial charge in [0.15, 0.2) is 0 Å². The van der Waals surface area contributed by atoms with E-state index in [2.05, 4.69) is 0 Å². The van der Waals surface area contributed by atoms with Crippen molar-refractivity contribution in [2.24, 2.45) is 0 Å². The van der Waals surface area contributed by atoms with Crippen molar-refractivity contribution < 1.29 is 23.5 Å². The van der Waals surface area contributed by atoms with Crippen LogP contribution in [-0.2, 0) is 11.3 Å². The van der Waals surface area contributed by atoms with Crippen LogP contribution in [0.4, 0.5) is 10.1 Å². The van der Waals surface area contributed by atoms with E-state index in [4.69, 9.17) is 16.0 Å². The number of furan rings is 1. The first-order valence-electron chi connectivity index (χ1n) is 10.4. The fraction of sp³-hybridized carbons (Fsp3) is 0.0370. The average Bonchev–Trinajstić information content (AvgIpc) is 3.40. The lowest BCUT2D eigenvalue weighted by Gasteiger charge is -2.17. The molecule has 0 spiro atoms. The molecule has 0 atom stereocenters. The van der Waals surface area contributed by atoms with Crippen molar-refractivity contribution in [3.63, 3.8) is 0 Å². The number of hydrogen-bond donors (Lipinski definition) is 1. The van der Waals surface area contributed by atoms with Crippen molar-refractivity contribution in [3.05, 3.63) is 112 Å². The van der Waals surface area contributed by atoms with Gasteiger partial charge in [0.1, 0.15) is 17.3 Å². The number of halogens is 2. The summed E-state index contributed by atoms with van der Waals surface area (Å²) in [5, 5.41) is 9.27. The molecule has 1 N–H and O–H groups in total. The van der Waals surface area contributed by atoms with E-state index in [-0.39, 0.29) is 23.0 Å². The third kappa shape index (κ3) is 4.00. The molecule has 168 valence electrons. The molecule has 7 heteroatoms. The normalized spacial score (nSPS) is 14.0. The highest BCUT2D eigenvalue weighted by Gasteiger charge is 2.32. The van der Waals surface area contributed by atoms with Gasteiger partial charge in [-0.3, -0.25) is 4.79 Å². The Labute approximate surface area is 199 Å². The van der Waals surface area contributed by atoms with Crippen molar-refractivity contribution in [2.45, 2.75) is 6.54 Å². The SMILES string of the molecule is O=C(O)c1cccc(CN2C(=O)/C(=C/c3ccc(-c4ccc(F)c(Cl)c4)o3)c3ccccc32)c1. The molecule has 2 heterocycles. The molecule has 34 heavy (non-hydrogen) atoms. The van der Waals surface area contributed by atoms with E-state index >= 15 is 0 Å². The van der Waals surface area contributed by atoms with Gasteiger partial charge in [-0.15, -0.1) is 0 Å².